The second-order valence-corrected chi connectivity index (χ2v) is 9.35. The van der Waals surface area contributed by atoms with Gasteiger partial charge in [0.15, 0.2) is 5.82 Å². The molecule has 1 aromatic carbocycles. The van der Waals surface area contributed by atoms with Crippen LogP contribution >= 0.6 is 0 Å². The number of nitrogens with zero attached hydrogens (tertiary/aromatic N) is 2. The van der Waals surface area contributed by atoms with Gasteiger partial charge in [-0.05, 0) is 44.2 Å². The fourth-order valence-electron chi connectivity index (χ4n) is 5.76. The van der Waals surface area contributed by atoms with Crippen LogP contribution in [0.5, 0.6) is 0 Å². The minimum Gasteiger partial charge on any atom is -0.477 e. The number of rotatable bonds is 6. The number of carboxylic acids is 1. The Balaban J connectivity index is 1.64. The predicted molar refractivity (Wildman–Crippen MR) is 114 cm³/mol. The number of aromatic nitrogens is 1. The van der Waals surface area contributed by atoms with Crippen molar-refractivity contribution in [3.05, 3.63) is 39.7 Å². The topological polar surface area (TPSA) is 74.6 Å². The van der Waals surface area contributed by atoms with Gasteiger partial charge in [-0.15, -0.1) is 0 Å². The number of anilines is 1. The number of aromatic carboxylic acids is 1. The minimum atomic E-state index is -1.39. The number of hydrogen-bond donors (Lipinski definition) is 2. The molecule has 2 heterocycles. The third-order valence-electron chi connectivity index (χ3n) is 7.44. The van der Waals surface area contributed by atoms with Crippen molar-refractivity contribution >= 4 is 22.6 Å². The van der Waals surface area contributed by atoms with Crippen molar-refractivity contribution in [2.75, 3.05) is 31.1 Å². The number of carboxylic acid groups (broad SMARTS) is 1. The average molecular weight is 431 g/mol. The van der Waals surface area contributed by atoms with Gasteiger partial charge in [0.1, 0.15) is 17.1 Å². The lowest BCUT2D eigenvalue weighted by Gasteiger charge is -2.29. The van der Waals surface area contributed by atoms with Crippen LogP contribution in [0.2, 0.25) is 0 Å². The first-order chi connectivity index (χ1) is 14.9. The highest BCUT2D eigenvalue weighted by molar-refractivity contribution is 5.94. The van der Waals surface area contributed by atoms with E-state index in [1.54, 1.807) is 4.90 Å². The van der Waals surface area contributed by atoms with Crippen LogP contribution in [0, 0.1) is 23.0 Å². The van der Waals surface area contributed by atoms with E-state index in [9.17, 15) is 14.7 Å². The monoisotopic (exact) mass is 431 g/mol. The van der Waals surface area contributed by atoms with Crippen molar-refractivity contribution in [2.24, 2.45) is 11.3 Å². The first-order valence-corrected chi connectivity index (χ1v) is 11.1. The van der Waals surface area contributed by atoms with E-state index in [1.807, 2.05) is 0 Å². The summed E-state index contributed by atoms with van der Waals surface area (Å²) in [6, 6.07) is 0.971. The zero-order valence-corrected chi connectivity index (χ0v) is 17.6. The van der Waals surface area contributed by atoms with E-state index in [2.05, 4.69) is 12.2 Å². The number of pyridine rings is 1. The van der Waals surface area contributed by atoms with Crippen molar-refractivity contribution in [1.82, 2.24) is 9.88 Å². The Bertz CT molecular complexity index is 1130. The number of nitrogens with one attached hydrogen (secondary N) is 1. The third-order valence-corrected chi connectivity index (χ3v) is 7.44. The van der Waals surface area contributed by atoms with Gasteiger partial charge in [-0.2, -0.15) is 0 Å². The van der Waals surface area contributed by atoms with Crippen LogP contribution in [0.1, 0.15) is 55.4 Å². The zero-order chi connectivity index (χ0) is 21.9. The fraction of sp³-hybridized carbons (Fsp3) is 0.565. The number of benzene rings is 1. The highest BCUT2D eigenvalue weighted by atomic mass is 19.1. The molecule has 0 unspecified atom stereocenters. The summed E-state index contributed by atoms with van der Waals surface area (Å²) in [4.78, 5) is 26.0. The molecule has 0 radical (unpaired) electrons. The first-order valence-electron chi connectivity index (χ1n) is 11.1. The molecule has 166 valence electrons. The summed E-state index contributed by atoms with van der Waals surface area (Å²) in [5.41, 5.74) is -1.36. The van der Waals surface area contributed by atoms with Crippen LogP contribution < -0.4 is 15.6 Å². The largest absolute Gasteiger partial charge is 0.477 e. The van der Waals surface area contributed by atoms with Crippen molar-refractivity contribution in [3.63, 3.8) is 0 Å². The number of hydrogen-bond acceptors (Lipinski definition) is 4. The molecule has 2 N–H and O–H groups in total. The quantitative estimate of drug-likeness (QED) is 0.732. The Labute approximate surface area is 178 Å². The smallest absolute Gasteiger partial charge is 0.341 e. The SMILES string of the molecule is CCNC[C@@]12CCC[C@@H]1CN(c1c(F)cc3c(=O)c(C(=O)O)cn(C4CC4)c3c1F)C2. The van der Waals surface area contributed by atoms with E-state index in [4.69, 9.17) is 0 Å². The first kappa shape index (κ1) is 20.4. The molecule has 2 aliphatic carbocycles. The molecule has 2 atom stereocenters. The number of fused-ring (bicyclic) bond motifs is 2. The molecule has 8 heteroatoms. The molecule has 1 saturated heterocycles. The Kier molecular flexibility index (Phi) is 4.80. The van der Waals surface area contributed by atoms with Crippen LogP contribution in [0.4, 0.5) is 14.5 Å². The molecule has 3 fully saturated rings. The van der Waals surface area contributed by atoms with Crippen molar-refractivity contribution in [3.8, 4) is 0 Å². The Morgan fingerprint density at radius 1 is 1.32 bits per heavy atom. The summed E-state index contributed by atoms with van der Waals surface area (Å²) in [5.74, 6) is -2.56. The normalized spacial score (nSPS) is 25.4. The highest BCUT2D eigenvalue weighted by Gasteiger charge is 2.50. The maximum Gasteiger partial charge on any atom is 0.341 e. The lowest BCUT2D eigenvalue weighted by atomic mass is 9.80. The van der Waals surface area contributed by atoms with Gasteiger partial charge in [0.2, 0.25) is 5.43 Å². The molecular weight excluding hydrogens is 404 g/mol. The van der Waals surface area contributed by atoms with Crippen LogP contribution in [0.3, 0.4) is 0 Å². The molecular formula is C23H27F2N3O3. The van der Waals surface area contributed by atoms with Gasteiger partial charge in [-0.1, -0.05) is 13.3 Å². The Morgan fingerprint density at radius 2 is 2.10 bits per heavy atom. The molecule has 3 aliphatic rings. The van der Waals surface area contributed by atoms with Crippen LogP contribution in [0.25, 0.3) is 10.9 Å². The molecule has 1 aliphatic heterocycles. The number of halogens is 2. The van der Waals surface area contributed by atoms with Gasteiger partial charge in [-0.3, -0.25) is 4.79 Å². The predicted octanol–water partition coefficient (Wildman–Crippen LogP) is 3.53. The van der Waals surface area contributed by atoms with E-state index < -0.39 is 28.6 Å². The second-order valence-electron chi connectivity index (χ2n) is 9.35. The van der Waals surface area contributed by atoms with E-state index >= 15 is 8.78 Å². The minimum absolute atomic E-state index is 0.00711. The fourth-order valence-corrected chi connectivity index (χ4v) is 5.76. The van der Waals surface area contributed by atoms with E-state index in [0.29, 0.717) is 19.0 Å². The lowest BCUT2D eigenvalue weighted by molar-refractivity contribution is 0.0694. The van der Waals surface area contributed by atoms with E-state index in [1.165, 1.54) is 10.8 Å². The molecule has 6 nitrogen and oxygen atoms in total. The van der Waals surface area contributed by atoms with Gasteiger partial charge in [0.25, 0.3) is 0 Å². The van der Waals surface area contributed by atoms with Gasteiger partial charge < -0.3 is 19.9 Å². The average Bonchev–Trinajstić information content (AvgIpc) is 3.40. The standard InChI is InChI=1S/C23H27F2N3O3/c1-2-26-11-23-7-3-4-13(23)9-27(12-23)20-17(24)8-15-19(18(20)25)28(14-5-6-14)10-16(21(15)29)22(30)31/h8,10,13-14,26H,2-7,9,11-12H2,1H3,(H,30,31)/t13-,23-/m1/s1. The summed E-state index contributed by atoms with van der Waals surface area (Å²) in [7, 11) is 0. The number of carbonyl (C=O) groups is 1. The van der Waals surface area contributed by atoms with Crippen molar-refractivity contribution in [2.45, 2.75) is 45.1 Å². The molecule has 5 rings (SSSR count). The molecule has 0 spiro atoms. The lowest BCUT2D eigenvalue weighted by Crippen LogP contribution is -2.38. The molecule has 2 saturated carbocycles. The zero-order valence-electron chi connectivity index (χ0n) is 17.6. The van der Waals surface area contributed by atoms with E-state index in [0.717, 1.165) is 51.3 Å². The third kappa shape index (κ3) is 3.14. The Hall–Kier alpha value is -2.48. The maximum absolute atomic E-state index is 15.9. The van der Waals surface area contributed by atoms with Gasteiger partial charge in [0, 0.05) is 37.3 Å². The summed E-state index contributed by atoms with van der Waals surface area (Å²) in [6.07, 6.45) is 5.99. The second kappa shape index (κ2) is 7.29. The van der Waals surface area contributed by atoms with Crippen LogP contribution in [-0.4, -0.2) is 41.8 Å². The van der Waals surface area contributed by atoms with Crippen LogP contribution in [0.15, 0.2) is 17.1 Å². The molecule has 0 bridgehead atoms. The summed E-state index contributed by atoms with van der Waals surface area (Å²) in [6.45, 7) is 4.90. The summed E-state index contributed by atoms with van der Waals surface area (Å²) >= 11 is 0. The van der Waals surface area contributed by atoms with Crippen LogP contribution in [-0.2, 0) is 0 Å². The van der Waals surface area contributed by atoms with E-state index in [-0.39, 0.29) is 28.0 Å². The highest BCUT2D eigenvalue weighted by Crippen LogP contribution is 2.50. The van der Waals surface area contributed by atoms with Crippen molar-refractivity contribution < 1.29 is 18.7 Å². The van der Waals surface area contributed by atoms with Gasteiger partial charge in [0.05, 0.1) is 10.9 Å². The Morgan fingerprint density at radius 3 is 2.77 bits per heavy atom. The molecule has 2 aromatic rings. The van der Waals surface area contributed by atoms with Crippen molar-refractivity contribution in [1.29, 1.82) is 0 Å². The molecule has 1 aromatic heterocycles. The molecule has 0 amide bonds. The molecule has 31 heavy (non-hydrogen) atoms. The summed E-state index contributed by atoms with van der Waals surface area (Å²) < 4.78 is 32.7. The maximum atomic E-state index is 15.9. The van der Waals surface area contributed by atoms with Gasteiger partial charge >= 0.3 is 5.97 Å². The summed E-state index contributed by atoms with van der Waals surface area (Å²) in [5, 5.41) is 12.6. The van der Waals surface area contributed by atoms with Gasteiger partial charge in [-0.25, -0.2) is 13.6 Å².